The third kappa shape index (κ3) is 6.04. The van der Waals surface area contributed by atoms with Gasteiger partial charge in [0.1, 0.15) is 24.7 Å². The highest BCUT2D eigenvalue weighted by Crippen LogP contribution is 2.19. The van der Waals surface area contributed by atoms with E-state index >= 15 is 0 Å². The van der Waals surface area contributed by atoms with E-state index in [1.165, 1.54) is 0 Å². The van der Waals surface area contributed by atoms with Crippen molar-refractivity contribution >= 4 is 12.1 Å². The summed E-state index contributed by atoms with van der Waals surface area (Å²) < 4.78 is 11.7. The number of pyridine rings is 1. The number of hydrogen-bond donors (Lipinski definition) is 1. The second-order valence-electron chi connectivity index (χ2n) is 6.27. The van der Waals surface area contributed by atoms with E-state index in [1.54, 1.807) is 30.7 Å². The number of carbonyl (C=O) groups excluding carboxylic acids is 1. The van der Waals surface area contributed by atoms with Crippen molar-refractivity contribution in [2.75, 3.05) is 13.2 Å². The molecule has 152 valence electrons. The van der Waals surface area contributed by atoms with Gasteiger partial charge in [-0.3, -0.25) is 9.78 Å². The van der Waals surface area contributed by atoms with Crippen molar-refractivity contribution in [2.24, 2.45) is 5.10 Å². The predicted molar refractivity (Wildman–Crippen MR) is 117 cm³/mol. The molecule has 1 heterocycles. The van der Waals surface area contributed by atoms with Gasteiger partial charge in [0.25, 0.3) is 5.91 Å². The van der Waals surface area contributed by atoms with Crippen LogP contribution < -0.4 is 14.9 Å². The van der Waals surface area contributed by atoms with Crippen LogP contribution >= 0.6 is 0 Å². The minimum atomic E-state index is -0.307. The normalized spacial score (nSPS) is 10.5. The molecule has 0 aliphatic rings. The fourth-order valence-electron chi connectivity index (χ4n) is 2.72. The van der Waals surface area contributed by atoms with Gasteiger partial charge in [-0.15, -0.1) is 6.58 Å². The number of amides is 1. The number of hydrogen-bond acceptors (Lipinski definition) is 5. The number of allylic oxidation sites excluding steroid dienone is 1. The van der Waals surface area contributed by atoms with Crippen molar-refractivity contribution in [3.63, 3.8) is 0 Å². The Balaban J connectivity index is 1.53. The lowest BCUT2D eigenvalue weighted by Gasteiger charge is -2.12. The number of nitrogens with zero attached hydrogens (tertiary/aromatic N) is 2. The van der Waals surface area contributed by atoms with Crippen molar-refractivity contribution in [2.45, 2.75) is 6.42 Å². The van der Waals surface area contributed by atoms with E-state index in [2.05, 4.69) is 22.1 Å². The van der Waals surface area contributed by atoms with Crippen LogP contribution in [0.2, 0.25) is 0 Å². The van der Waals surface area contributed by atoms with E-state index in [4.69, 9.17) is 9.47 Å². The summed E-state index contributed by atoms with van der Waals surface area (Å²) in [7, 11) is 0. The zero-order chi connectivity index (χ0) is 21.0. The second-order valence-corrected chi connectivity index (χ2v) is 6.27. The Morgan fingerprint density at radius 2 is 1.63 bits per heavy atom. The molecule has 1 amide bonds. The molecule has 1 N–H and O–H groups in total. The van der Waals surface area contributed by atoms with Gasteiger partial charge >= 0.3 is 0 Å². The van der Waals surface area contributed by atoms with Gasteiger partial charge in [-0.2, -0.15) is 5.10 Å². The average molecular weight is 401 g/mol. The van der Waals surface area contributed by atoms with Gasteiger partial charge in [-0.1, -0.05) is 36.4 Å². The van der Waals surface area contributed by atoms with E-state index in [0.717, 1.165) is 23.3 Å². The largest absolute Gasteiger partial charge is 0.490 e. The Labute approximate surface area is 175 Å². The van der Waals surface area contributed by atoms with Crippen LogP contribution in [0.1, 0.15) is 21.5 Å². The SMILES string of the molecule is C=CCc1ccccc1OCCOc1ccccc1/C=N/NC(=O)c1ccncc1. The lowest BCUT2D eigenvalue weighted by molar-refractivity contribution is 0.0955. The number of rotatable bonds is 10. The molecule has 0 aliphatic heterocycles. The van der Waals surface area contributed by atoms with Crippen LogP contribution in [-0.2, 0) is 6.42 Å². The van der Waals surface area contributed by atoms with E-state index < -0.39 is 0 Å². The zero-order valence-electron chi connectivity index (χ0n) is 16.5. The average Bonchev–Trinajstić information content (AvgIpc) is 2.79. The molecule has 1 aromatic heterocycles. The summed E-state index contributed by atoms with van der Waals surface area (Å²) in [5.41, 5.74) is 4.82. The number of para-hydroxylation sites is 2. The third-order valence-electron chi connectivity index (χ3n) is 4.17. The standard InChI is InChI=1S/C24H23N3O3/c1-2-7-19-8-3-5-10-22(19)29-16-17-30-23-11-6-4-9-21(23)18-26-27-24(28)20-12-14-25-15-13-20/h2-6,8-15,18H,1,7,16-17H2,(H,27,28)/b26-18+. The smallest absolute Gasteiger partial charge is 0.271 e. The number of aromatic nitrogens is 1. The fraction of sp³-hybridized carbons (Fsp3) is 0.125. The predicted octanol–water partition coefficient (Wildman–Crippen LogP) is 4.03. The highest BCUT2D eigenvalue weighted by Gasteiger charge is 2.05. The Hall–Kier alpha value is -3.93. The summed E-state index contributed by atoms with van der Waals surface area (Å²) in [6.07, 6.45) is 7.26. The number of nitrogens with one attached hydrogen (secondary N) is 1. The summed E-state index contributed by atoms with van der Waals surface area (Å²) >= 11 is 0. The molecule has 0 saturated heterocycles. The molecule has 0 atom stereocenters. The van der Waals surface area contributed by atoms with Crippen molar-refractivity contribution in [1.82, 2.24) is 10.4 Å². The van der Waals surface area contributed by atoms with E-state index in [9.17, 15) is 4.79 Å². The molecule has 0 fully saturated rings. The maximum Gasteiger partial charge on any atom is 0.271 e. The van der Waals surface area contributed by atoms with Crippen LogP contribution in [0.25, 0.3) is 0 Å². The van der Waals surface area contributed by atoms with Gasteiger partial charge in [0.05, 0.1) is 6.21 Å². The van der Waals surface area contributed by atoms with E-state index in [1.807, 2.05) is 54.6 Å². The Morgan fingerprint density at radius 3 is 2.40 bits per heavy atom. The van der Waals surface area contributed by atoms with Crippen LogP contribution in [0, 0.1) is 0 Å². The second kappa shape index (κ2) is 11.2. The Kier molecular flexibility index (Phi) is 7.74. The number of hydrazone groups is 1. The Morgan fingerprint density at radius 1 is 0.967 bits per heavy atom. The summed E-state index contributed by atoms with van der Waals surface area (Å²) in [5.74, 6) is 1.18. The van der Waals surface area contributed by atoms with Gasteiger partial charge in [-0.05, 0) is 42.3 Å². The molecule has 2 aromatic carbocycles. The van der Waals surface area contributed by atoms with Crippen LogP contribution in [-0.4, -0.2) is 30.3 Å². The molecule has 0 spiro atoms. The van der Waals surface area contributed by atoms with Crippen LogP contribution in [0.3, 0.4) is 0 Å². The highest BCUT2D eigenvalue weighted by atomic mass is 16.5. The first-order chi connectivity index (χ1) is 14.8. The highest BCUT2D eigenvalue weighted by molar-refractivity contribution is 5.94. The van der Waals surface area contributed by atoms with Crippen molar-refractivity contribution < 1.29 is 14.3 Å². The minimum absolute atomic E-state index is 0.307. The van der Waals surface area contributed by atoms with Crippen LogP contribution in [0.15, 0.2) is 90.8 Å². The maximum absolute atomic E-state index is 12.0. The molecule has 3 aromatic rings. The molecule has 0 aliphatic carbocycles. The van der Waals surface area contributed by atoms with Gasteiger partial charge < -0.3 is 9.47 Å². The molecule has 6 heteroatoms. The van der Waals surface area contributed by atoms with Crippen LogP contribution in [0.5, 0.6) is 11.5 Å². The maximum atomic E-state index is 12.0. The molecule has 30 heavy (non-hydrogen) atoms. The van der Waals surface area contributed by atoms with Gasteiger partial charge in [0, 0.05) is 23.5 Å². The van der Waals surface area contributed by atoms with Crippen LogP contribution in [0.4, 0.5) is 0 Å². The van der Waals surface area contributed by atoms with Crippen molar-refractivity contribution in [1.29, 1.82) is 0 Å². The first kappa shape index (κ1) is 20.8. The molecular weight excluding hydrogens is 378 g/mol. The quantitative estimate of drug-likeness (QED) is 0.241. The summed E-state index contributed by atoms with van der Waals surface area (Å²) in [6, 6.07) is 18.6. The minimum Gasteiger partial charge on any atom is -0.490 e. The molecule has 0 saturated carbocycles. The monoisotopic (exact) mass is 401 g/mol. The van der Waals surface area contributed by atoms with E-state index in [0.29, 0.717) is 24.5 Å². The first-order valence-electron chi connectivity index (χ1n) is 9.55. The van der Waals surface area contributed by atoms with Crippen molar-refractivity contribution in [3.8, 4) is 11.5 Å². The molecule has 0 radical (unpaired) electrons. The summed E-state index contributed by atoms with van der Waals surface area (Å²) in [6.45, 7) is 4.55. The molecule has 6 nitrogen and oxygen atoms in total. The zero-order valence-corrected chi connectivity index (χ0v) is 16.5. The molecule has 3 rings (SSSR count). The topological polar surface area (TPSA) is 72.8 Å². The van der Waals surface area contributed by atoms with Crippen molar-refractivity contribution in [3.05, 3.63) is 102 Å². The first-order valence-corrected chi connectivity index (χ1v) is 9.55. The van der Waals surface area contributed by atoms with Gasteiger partial charge in [-0.25, -0.2) is 5.43 Å². The molecule has 0 bridgehead atoms. The number of carbonyl (C=O) groups is 1. The summed E-state index contributed by atoms with van der Waals surface area (Å²) in [5, 5.41) is 4.02. The number of ether oxygens (including phenoxy) is 2. The van der Waals surface area contributed by atoms with Gasteiger partial charge in [0.2, 0.25) is 0 Å². The lowest BCUT2D eigenvalue weighted by atomic mass is 10.1. The Bertz CT molecular complexity index is 1000. The number of benzene rings is 2. The summed E-state index contributed by atoms with van der Waals surface area (Å²) in [4.78, 5) is 15.9. The van der Waals surface area contributed by atoms with E-state index in [-0.39, 0.29) is 5.91 Å². The lowest BCUT2D eigenvalue weighted by Crippen LogP contribution is -2.17. The van der Waals surface area contributed by atoms with Gasteiger partial charge in [0.15, 0.2) is 0 Å². The molecular formula is C24H23N3O3. The third-order valence-corrected chi connectivity index (χ3v) is 4.17. The fourth-order valence-corrected chi connectivity index (χ4v) is 2.72. The molecule has 0 unspecified atom stereocenters.